The van der Waals surface area contributed by atoms with Crippen LogP contribution in [-0.2, 0) is 13.8 Å². The zero-order valence-corrected chi connectivity index (χ0v) is 13.8. The van der Waals surface area contributed by atoms with Gasteiger partial charge in [-0.15, -0.1) is 0 Å². The van der Waals surface area contributed by atoms with Crippen molar-refractivity contribution in [1.82, 2.24) is 5.32 Å². The summed E-state index contributed by atoms with van der Waals surface area (Å²) in [5.74, 6) is -0.352. The molecular weight excluding hydrogens is 370 g/mol. The highest BCUT2D eigenvalue weighted by Gasteiger charge is 2.26. The molecule has 1 saturated heterocycles. The Labute approximate surface area is 130 Å². The number of hydrogen-bond acceptors (Lipinski definition) is 4. The fourth-order valence-electron chi connectivity index (χ4n) is 2.01. The van der Waals surface area contributed by atoms with E-state index in [0.717, 1.165) is 6.42 Å². The van der Waals surface area contributed by atoms with Crippen LogP contribution in [0, 0.1) is 0 Å². The van der Waals surface area contributed by atoms with Gasteiger partial charge in [0.2, 0.25) is 0 Å². The molecule has 1 aromatic carbocycles. The molecule has 1 heterocycles. The lowest BCUT2D eigenvalue weighted by Gasteiger charge is -2.16. The molecule has 1 N–H and O–H groups in total. The zero-order chi connectivity index (χ0) is 14.9. The zero-order valence-electron chi connectivity index (χ0n) is 10.6. The Bertz CT molecular complexity index is 634. The third-order valence-corrected chi connectivity index (χ3v) is 4.90. The summed E-state index contributed by atoms with van der Waals surface area (Å²) in [5.41, 5.74) is 0.234. The van der Waals surface area contributed by atoms with E-state index >= 15 is 0 Å². The van der Waals surface area contributed by atoms with Crippen molar-refractivity contribution in [1.29, 1.82) is 0 Å². The van der Waals surface area contributed by atoms with Crippen LogP contribution in [0.25, 0.3) is 0 Å². The molecule has 2 unspecified atom stereocenters. The molecule has 8 heteroatoms. The minimum atomic E-state index is -3.88. The van der Waals surface area contributed by atoms with Gasteiger partial charge in [-0.05, 0) is 31.5 Å². The Morgan fingerprint density at radius 3 is 2.70 bits per heavy atom. The van der Waals surface area contributed by atoms with Crippen molar-refractivity contribution in [3.05, 3.63) is 28.2 Å². The Morgan fingerprint density at radius 1 is 1.45 bits per heavy atom. The first-order valence-corrected chi connectivity index (χ1v) is 9.05. The molecule has 0 radical (unpaired) electrons. The summed E-state index contributed by atoms with van der Waals surface area (Å²) in [4.78, 5) is 12.0. The maximum absolute atomic E-state index is 12.2. The minimum absolute atomic E-state index is 0.0534. The van der Waals surface area contributed by atoms with E-state index in [1.54, 1.807) is 6.07 Å². The summed E-state index contributed by atoms with van der Waals surface area (Å²) in [5, 5.41) is 2.83. The van der Waals surface area contributed by atoms with Crippen LogP contribution in [0.4, 0.5) is 0 Å². The number of halogens is 2. The van der Waals surface area contributed by atoms with Crippen LogP contribution >= 0.6 is 26.6 Å². The largest absolute Gasteiger partial charge is 0.376 e. The third-order valence-electron chi connectivity index (χ3n) is 3.11. The van der Waals surface area contributed by atoms with Gasteiger partial charge in [0, 0.05) is 27.3 Å². The molecule has 1 aromatic rings. The summed E-state index contributed by atoms with van der Waals surface area (Å²) < 4.78 is 28.5. The molecule has 1 amide bonds. The van der Waals surface area contributed by atoms with Crippen molar-refractivity contribution in [2.45, 2.75) is 30.4 Å². The van der Waals surface area contributed by atoms with Gasteiger partial charge in [0.25, 0.3) is 15.0 Å². The second-order valence-corrected chi connectivity index (χ2v) is 8.04. The second-order valence-electron chi connectivity index (χ2n) is 4.56. The number of rotatable bonds is 3. The molecule has 0 aliphatic carbocycles. The number of carbonyl (C=O) groups excluding carboxylic acids is 1. The normalized spacial score (nSPS) is 22.8. The lowest BCUT2D eigenvalue weighted by molar-refractivity contribution is 0.0866. The van der Waals surface area contributed by atoms with Gasteiger partial charge in [0.05, 0.1) is 17.0 Å². The van der Waals surface area contributed by atoms with Crippen LogP contribution in [0.15, 0.2) is 27.6 Å². The lowest BCUT2D eigenvalue weighted by atomic mass is 10.1. The van der Waals surface area contributed by atoms with Gasteiger partial charge in [-0.25, -0.2) is 8.42 Å². The first-order valence-electron chi connectivity index (χ1n) is 5.95. The molecule has 0 aromatic heterocycles. The van der Waals surface area contributed by atoms with Crippen molar-refractivity contribution in [2.24, 2.45) is 0 Å². The van der Waals surface area contributed by atoms with Crippen LogP contribution in [0.3, 0.4) is 0 Å². The second kappa shape index (κ2) is 6.01. The minimum Gasteiger partial charge on any atom is -0.376 e. The smallest absolute Gasteiger partial charge is 0.261 e. The van der Waals surface area contributed by atoms with Gasteiger partial charge in [0.15, 0.2) is 0 Å². The standard InChI is InChI=1S/C12H13BrClNO4S/c1-7-11(2-3-19-7)15-12(16)8-4-9(13)6-10(5-8)20(14,17)18/h4-7,11H,2-3H2,1H3,(H,15,16). The first-order chi connectivity index (χ1) is 9.27. The van der Waals surface area contributed by atoms with Gasteiger partial charge < -0.3 is 10.1 Å². The average Bonchev–Trinajstić information content (AvgIpc) is 2.73. The maximum Gasteiger partial charge on any atom is 0.261 e. The van der Waals surface area contributed by atoms with E-state index in [1.165, 1.54) is 12.1 Å². The number of carbonyl (C=O) groups is 1. The molecule has 1 aliphatic rings. The predicted octanol–water partition coefficient (Wildman–Crippen LogP) is 2.28. The predicted molar refractivity (Wildman–Crippen MR) is 78.5 cm³/mol. The molecule has 110 valence electrons. The lowest BCUT2D eigenvalue weighted by Crippen LogP contribution is -2.39. The molecule has 0 bridgehead atoms. The van der Waals surface area contributed by atoms with Crippen molar-refractivity contribution >= 4 is 41.6 Å². The van der Waals surface area contributed by atoms with E-state index in [0.29, 0.717) is 11.1 Å². The van der Waals surface area contributed by atoms with Crippen molar-refractivity contribution in [3.8, 4) is 0 Å². The van der Waals surface area contributed by atoms with Crippen LogP contribution in [-0.4, -0.2) is 33.1 Å². The summed E-state index contributed by atoms with van der Waals surface area (Å²) in [6, 6.07) is 4.07. The van der Waals surface area contributed by atoms with E-state index in [4.69, 9.17) is 15.4 Å². The molecule has 2 rings (SSSR count). The Balaban J connectivity index is 2.24. The fourth-order valence-corrected chi connectivity index (χ4v) is 3.46. The highest BCUT2D eigenvalue weighted by molar-refractivity contribution is 9.10. The first kappa shape index (κ1) is 15.8. The van der Waals surface area contributed by atoms with Gasteiger partial charge in [-0.2, -0.15) is 0 Å². The van der Waals surface area contributed by atoms with E-state index in [-0.39, 0.29) is 28.5 Å². The fraction of sp³-hybridized carbons (Fsp3) is 0.417. The summed E-state index contributed by atoms with van der Waals surface area (Å²) in [6.07, 6.45) is 0.684. The van der Waals surface area contributed by atoms with Crippen molar-refractivity contribution < 1.29 is 17.9 Å². The monoisotopic (exact) mass is 381 g/mol. The molecule has 1 fully saturated rings. The van der Waals surface area contributed by atoms with E-state index < -0.39 is 9.05 Å². The Morgan fingerprint density at radius 2 is 2.15 bits per heavy atom. The van der Waals surface area contributed by atoms with E-state index in [9.17, 15) is 13.2 Å². The average molecular weight is 383 g/mol. The van der Waals surface area contributed by atoms with Gasteiger partial charge >= 0.3 is 0 Å². The molecule has 0 saturated carbocycles. The topological polar surface area (TPSA) is 72.5 Å². The van der Waals surface area contributed by atoms with Crippen molar-refractivity contribution in [2.75, 3.05) is 6.61 Å². The summed E-state index contributed by atoms with van der Waals surface area (Å²) >= 11 is 3.17. The molecule has 5 nitrogen and oxygen atoms in total. The van der Waals surface area contributed by atoms with Crippen LogP contribution in [0.1, 0.15) is 23.7 Å². The quantitative estimate of drug-likeness (QED) is 0.814. The SMILES string of the molecule is CC1OCCC1NC(=O)c1cc(Br)cc(S(=O)(=O)Cl)c1. The van der Waals surface area contributed by atoms with E-state index in [2.05, 4.69) is 21.2 Å². The van der Waals surface area contributed by atoms with Crippen LogP contribution in [0.2, 0.25) is 0 Å². The molecule has 0 spiro atoms. The number of amides is 1. The highest BCUT2D eigenvalue weighted by Crippen LogP contribution is 2.23. The Kier molecular flexibility index (Phi) is 4.73. The number of hydrogen-bond donors (Lipinski definition) is 1. The van der Waals surface area contributed by atoms with Crippen molar-refractivity contribution in [3.63, 3.8) is 0 Å². The molecule has 2 atom stereocenters. The molecule has 1 aliphatic heterocycles. The van der Waals surface area contributed by atoms with Gasteiger partial charge in [0.1, 0.15) is 0 Å². The molecular formula is C12H13BrClNO4S. The van der Waals surface area contributed by atoms with Crippen LogP contribution in [0.5, 0.6) is 0 Å². The number of benzene rings is 1. The Hall–Kier alpha value is -0.630. The van der Waals surface area contributed by atoms with E-state index in [1.807, 2.05) is 6.92 Å². The van der Waals surface area contributed by atoms with Gasteiger partial charge in [-0.1, -0.05) is 15.9 Å². The number of ether oxygens (including phenoxy) is 1. The third kappa shape index (κ3) is 3.72. The van der Waals surface area contributed by atoms with Crippen LogP contribution < -0.4 is 5.32 Å². The summed E-state index contributed by atoms with van der Waals surface area (Å²) in [7, 11) is 1.42. The van der Waals surface area contributed by atoms with Gasteiger partial charge in [-0.3, -0.25) is 4.79 Å². The molecule has 20 heavy (non-hydrogen) atoms. The maximum atomic E-state index is 12.2. The number of nitrogens with one attached hydrogen (secondary N) is 1. The highest BCUT2D eigenvalue weighted by atomic mass is 79.9. The summed E-state index contributed by atoms with van der Waals surface area (Å²) in [6.45, 7) is 2.49.